The zero-order chi connectivity index (χ0) is 20.7. The van der Waals surface area contributed by atoms with E-state index in [1.807, 2.05) is 24.3 Å². The standard InChI is InChI=1S/C21H18BrN5O3/c22-14-6-7-16-17(9-14)30-11-19(29)27(16)10-18(28)23-15-3-1-2-13(8-15)21-24-20(25-26-21)12-4-5-12/h1-3,6-9,12H,4-5,10-11H2,(H,23,28)(H,24,25,26). The molecule has 2 amide bonds. The Morgan fingerprint density at radius 3 is 2.97 bits per heavy atom. The molecule has 30 heavy (non-hydrogen) atoms. The molecule has 2 aliphatic rings. The number of fused-ring (bicyclic) bond motifs is 1. The van der Waals surface area contributed by atoms with Gasteiger partial charge in [0, 0.05) is 21.6 Å². The van der Waals surface area contributed by atoms with E-state index in [2.05, 4.69) is 36.4 Å². The van der Waals surface area contributed by atoms with Gasteiger partial charge in [-0.1, -0.05) is 28.1 Å². The highest BCUT2D eigenvalue weighted by molar-refractivity contribution is 9.10. The number of carbonyl (C=O) groups is 2. The summed E-state index contributed by atoms with van der Waals surface area (Å²) >= 11 is 3.38. The van der Waals surface area contributed by atoms with Crippen LogP contribution in [-0.4, -0.2) is 40.1 Å². The second-order valence-corrected chi connectivity index (χ2v) is 8.24. The molecule has 3 aromatic rings. The van der Waals surface area contributed by atoms with Crippen LogP contribution in [0.2, 0.25) is 0 Å². The van der Waals surface area contributed by atoms with E-state index in [0.717, 1.165) is 28.7 Å². The first-order chi connectivity index (χ1) is 14.6. The van der Waals surface area contributed by atoms with Gasteiger partial charge >= 0.3 is 0 Å². The molecular formula is C21H18BrN5O3. The van der Waals surface area contributed by atoms with Crippen molar-refractivity contribution in [1.29, 1.82) is 0 Å². The van der Waals surface area contributed by atoms with Crippen molar-refractivity contribution in [2.75, 3.05) is 23.4 Å². The van der Waals surface area contributed by atoms with Gasteiger partial charge in [-0.2, -0.15) is 5.10 Å². The maximum Gasteiger partial charge on any atom is 0.265 e. The summed E-state index contributed by atoms with van der Waals surface area (Å²) in [5.41, 5.74) is 2.01. The summed E-state index contributed by atoms with van der Waals surface area (Å²) in [7, 11) is 0. The molecule has 1 aliphatic heterocycles. The van der Waals surface area contributed by atoms with Crippen LogP contribution >= 0.6 is 15.9 Å². The third-order valence-corrected chi connectivity index (χ3v) is 5.53. The quantitative estimate of drug-likeness (QED) is 0.598. The molecule has 1 saturated carbocycles. The highest BCUT2D eigenvalue weighted by Gasteiger charge is 2.28. The van der Waals surface area contributed by atoms with Gasteiger partial charge in [-0.25, -0.2) is 4.98 Å². The molecule has 0 spiro atoms. The van der Waals surface area contributed by atoms with Gasteiger partial charge in [0.05, 0.1) is 5.69 Å². The molecule has 152 valence electrons. The fraction of sp³-hybridized carbons (Fsp3) is 0.238. The highest BCUT2D eigenvalue weighted by Crippen LogP contribution is 2.38. The predicted molar refractivity (Wildman–Crippen MR) is 114 cm³/mol. The number of hydrogen-bond acceptors (Lipinski definition) is 5. The Hall–Kier alpha value is -3.20. The lowest BCUT2D eigenvalue weighted by Crippen LogP contribution is -2.43. The Labute approximate surface area is 180 Å². The molecule has 0 unspecified atom stereocenters. The molecule has 9 heteroatoms. The molecular weight excluding hydrogens is 450 g/mol. The number of benzene rings is 2. The van der Waals surface area contributed by atoms with Crippen LogP contribution in [0.1, 0.15) is 24.6 Å². The van der Waals surface area contributed by atoms with Gasteiger partial charge in [-0.15, -0.1) is 0 Å². The van der Waals surface area contributed by atoms with Crippen molar-refractivity contribution in [3.63, 3.8) is 0 Å². The molecule has 0 atom stereocenters. The molecule has 2 heterocycles. The number of aromatic nitrogens is 3. The van der Waals surface area contributed by atoms with Crippen molar-refractivity contribution < 1.29 is 14.3 Å². The van der Waals surface area contributed by atoms with Gasteiger partial charge < -0.3 is 10.1 Å². The Balaban J connectivity index is 1.30. The summed E-state index contributed by atoms with van der Waals surface area (Å²) in [6.07, 6.45) is 2.29. The minimum absolute atomic E-state index is 0.0969. The van der Waals surface area contributed by atoms with E-state index in [9.17, 15) is 9.59 Å². The normalized spacial score (nSPS) is 15.5. The van der Waals surface area contributed by atoms with Crippen LogP contribution in [0.25, 0.3) is 11.4 Å². The van der Waals surface area contributed by atoms with Crippen LogP contribution in [0.4, 0.5) is 11.4 Å². The summed E-state index contributed by atoms with van der Waals surface area (Å²) in [4.78, 5) is 31.0. The van der Waals surface area contributed by atoms with Crippen molar-refractivity contribution in [3.8, 4) is 17.1 Å². The second kappa shape index (κ2) is 7.56. The van der Waals surface area contributed by atoms with Gasteiger partial charge in [-0.3, -0.25) is 19.6 Å². The lowest BCUT2D eigenvalue weighted by Gasteiger charge is -2.29. The smallest absolute Gasteiger partial charge is 0.265 e. The first-order valence-corrected chi connectivity index (χ1v) is 10.4. The van der Waals surface area contributed by atoms with Gasteiger partial charge in [-0.05, 0) is 43.2 Å². The van der Waals surface area contributed by atoms with Gasteiger partial charge in [0.15, 0.2) is 12.4 Å². The molecule has 8 nitrogen and oxygen atoms in total. The van der Waals surface area contributed by atoms with Crippen LogP contribution in [-0.2, 0) is 9.59 Å². The van der Waals surface area contributed by atoms with Gasteiger partial charge in [0.25, 0.3) is 5.91 Å². The van der Waals surface area contributed by atoms with E-state index >= 15 is 0 Å². The molecule has 1 fully saturated rings. The number of aromatic amines is 1. The van der Waals surface area contributed by atoms with Crippen LogP contribution < -0.4 is 15.0 Å². The number of carbonyl (C=O) groups excluding carboxylic acids is 2. The van der Waals surface area contributed by atoms with E-state index in [1.165, 1.54) is 4.90 Å². The Bertz CT molecular complexity index is 1140. The van der Waals surface area contributed by atoms with Crippen LogP contribution in [0, 0.1) is 0 Å². The number of nitrogens with zero attached hydrogens (tertiary/aromatic N) is 3. The minimum Gasteiger partial charge on any atom is -0.482 e. The average molecular weight is 468 g/mol. The molecule has 5 rings (SSSR count). The molecule has 1 aromatic heterocycles. The number of H-pyrrole nitrogens is 1. The number of nitrogens with one attached hydrogen (secondary N) is 2. The molecule has 0 saturated heterocycles. The predicted octanol–water partition coefficient (Wildman–Crippen LogP) is 3.48. The van der Waals surface area contributed by atoms with Crippen LogP contribution in [0.15, 0.2) is 46.9 Å². The summed E-state index contributed by atoms with van der Waals surface area (Å²) in [6, 6.07) is 12.7. The minimum atomic E-state index is -0.301. The van der Waals surface area contributed by atoms with Crippen molar-refractivity contribution in [3.05, 3.63) is 52.8 Å². The molecule has 0 radical (unpaired) electrons. The van der Waals surface area contributed by atoms with Gasteiger partial charge in [0.2, 0.25) is 5.91 Å². The first kappa shape index (κ1) is 18.8. The number of anilines is 2. The van der Waals surface area contributed by atoms with E-state index in [1.54, 1.807) is 18.2 Å². The SMILES string of the molecule is O=C(CN1C(=O)COc2cc(Br)ccc21)Nc1cccc(-c2n[nH]c(C3CC3)n2)c1. The Kier molecular flexibility index (Phi) is 4.74. The number of hydrogen-bond donors (Lipinski definition) is 2. The zero-order valence-electron chi connectivity index (χ0n) is 15.9. The summed E-state index contributed by atoms with van der Waals surface area (Å²) in [5, 5.41) is 10.1. The maximum atomic E-state index is 12.7. The van der Waals surface area contributed by atoms with Crippen molar-refractivity contribution in [2.24, 2.45) is 0 Å². The average Bonchev–Trinajstić information content (AvgIpc) is 3.47. The summed E-state index contributed by atoms with van der Waals surface area (Å²) in [5.74, 6) is 2.01. The number of ether oxygens (including phenoxy) is 1. The zero-order valence-corrected chi connectivity index (χ0v) is 17.5. The Morgan fingerprint density at radius 1 is 1.27 bits per heavy atom. The number of rotatable bonds is 5. The lowest BCUT2D eigenvalue weighted by atomic mass is 10.2. The first-order valence-electron chi connectivity index (χ1n) is 9.62. The fourth-order valence-electron chi connectivity index (χ4n) is 3.37. The third-order valence-electron chi connectivity index (χ3n) is 5.04. The number of amides is 2. The maximum absolute atomic E-state index is 12.7. The second-order valence-electron chi connectivity index (χ2n) is 7.33. The van der Waals surface area contributed by atoms with Crippen molar-refractivity contribution in [2.45, 2.75) is 18.8 Å². The summed E-state index contributed by atoms with van der Waals surface area (Å²) < 4.78 is 6.31. The third kappa shape index (κ3) is 3.80. The molecule has 0 bridgehead atoms. The molecule has 2 aromatic carbocycles. The van der Waals surface area contributed by atoms with Crippen LogP contribution in [0.5, 0.6) is 5.75 Å². The van der Waals surface area contributed by atoms with E-state index in [-0.39, 0.29) is 25.0 Å². The monoisotopic (exact) mass is 467 g/mol. The van der Waals surface area contributed by atoms with Gasteiger partial charge in [0.1, 0.15) is 18.1 Å². The Morgan fingerprint density at radius 2 is 2.13 bits per heavy atom. The van der Waals surface area contributed by atoms with Crippen LogP contribution in [0.3, 0.4) is 0 Å². The van der Waals surface area contributed by atoms with Crippen molar-refractivity contribution >= 4 is 39.1 Å². The number of halogens is 1. The largest absolute Gasteiger partial charge is 0.482 e. The molecule has 2 N–H and O–H groups in total. The van der Waals surface area contributed by atoms with Crippen molar-refractivity contribution in [1.82, 2.24) is 15.2 Å². The summed E-state index contributed by atoms with van der Waals surface area (Å²) in [6.45, 7) is -0.200. The van der Waals surface area contributed by atoms with E-state index in [4.69, 9.17) is 4.74 Å². The van der Waals surface area contributed by atoms with E-state index in [0.29, 0.717) is 28.9 Å². The highest BCUT2D eigenvalue weighted by atomic mass is 79.9. The lowest BCUT2D eigenvalue weighted by molar-refractivity contribution is -0.123. The van der Waals surface area contributed by atoms with E-state index < -0.39 is 0 Å². The molecule has 1 aliphatic carbocycles. The topological polar surface area (TPSA) is 100 Å². The fourth-order valence-corrected chi connectivity index (χ4v) is 3.71.